The van der Waals surface area contributed by atoms with E-state index in [0.717, 1.165) is 12.0 Å². The standard InChI is InChI=1S/C10H23NS/c1-6-9(4)10(7-2)11(5)12-8-3/h9-10H,6-8H2,1-5H3. The van der Waals surface area contributed by atoms with Crippen LogP contribution in [0.5, 0.6) is 0 Å². The van der Waals surface area contributed by atoms with E-state index in [1.54, 1.807) is 0 Å². The van der Waals surface area contributed by atoms with Crippen molar-refractivity contribution in [2.75, 3.05) is 12.8 Å². The molecule has 2 atom stereocenters. The van der Waals surface area contributed by atoms with Gasteiger partial charge in [0.25, 0.3) is 0 Å². The van der Waals surface area contributed by atoms with Gasteiger partial charge in [-0.25, -0.2) is 0 Å². The summed E-state index contributed by atoms with van der Waals surface area (Å²) in [6.07, 6.45) is 2.55. The molecule has 0 aliphatic rings. The molecule has 0 radical (unpaired) electrons. The summed E-state index contributed by atoms with van der Waals surface area (Å²) in [4.78, 5) is 0. The van der Waals surface area contributed by atoms with Gasteiger partial charge in [0.05, 0.1) is 0 Å². The quantitative estimate of drug-likeness (QED) is 0.589. The Bertz CT molecular complexity index is 106. The molecule has 0 aromatic rings. The predicted octanol–water partition coefficient (Wildman–Crippen LogP) is 3.41. The third-order valence-electron chi connectivity index (χ3n) is 2.52. The predicted molar refractivity (Wildman–Crippen MR) is 59.4 cm³/mol. The van der Waals surface area contributed by atoms with Gasteiger partial charge in [-0.05, 0) is 19.4 Å². The van der Waals surface area contributed by atoms with Gasteiger partial charge in [0.2, 0.25) is 0 Å². The molecule has 0 spiro atoms. The Morgan fingerprint density at radius 3 is 2.08 bits per heavy atom. The summed E-state index contributed by atoms with van der Waals surface area (Å²) in [5, 5.41) is 0. The van der Waals surface area contributed by atoms with Crippen molar-refractivity contribution in [1.82, 2.24) is 4.31 Å². The van der Waals surface area contributed by atoms with E-state index in [4.69, 9.17) is 0 Å². The molecule has 2 unspecified atom stereocenters. The summed E-state index contributed by atoms with van der Waals surface area (Å²) in [6, 6.07) is 0.750. The first-order chi connectivity index (χ1) is 5.67. The maximum atomic E-state index is 2.42. The molecule has 0 saturated carbocycles. The van der Waals surface area contributed by atoms with Crippen LogP contribution >= 0.6 is 11.9 Å². The molecule has 1 nitrogen and oxygen atoms in total. The van der Waals surface area contributed by atoms with Crippen molar-refractivity contribution >= 4 is 11.9 Å². The zero-order valence-electron chi connectivity index (χ0n) is 9.13. The second-order valence-corrected chi connectivity index (χ2v) is 4.74. The van der Waals surface area contributed by atoms with Gasteiger partial charge in [-0.2, -0.15) is 0 Å². The molecule has 2 heteroatoms. The van der Waals surface area contributed by atoms with Crippen LogP contribution in [0, 0.1) is 5.92 Å². The van der Waals surface area contributed by atoms with Crippen LogP contribution in [-0.4, -0.2) is 23.1 Å². The largest absolute Gasteiger partial charge is 0.250 e. The molecule has 0 aliphatic heterocycles. The fourth-order valence-corrected chi connectivity index (χ4v) is 2.54. The maximum Gasteiger partial charge on any atom is 0.0222 e. The highest BCUT2D eigenvalue weighted by Crippen LogP contribution is 2.22. The van der Waals surface area contributed by atoms with Crippen molar-refractivity contribution in [3.05, 3.63) is 0 Å². The first kappa shape index (κ1) is 12.3. The van der Waals surface area contributed by atoms with Crippen LogP contribution < -0.4 is 0 Å². The van der Waals surface area contributed by atoms with E-state index >= 15 is 0 Å². The molecule has 0 N–H and O–H groups in total. The lowest BCUT2D eigenvalue weighted by atomic mass is 9.97. The van der Waals surface area contributed by atoms with Gasteiger partial charge in [-0.1, -0.05) is 46.1 Å². The lowest BCUT2D eigenvalue weighted by Crippen LogP contribution is -2.31. The summed E-state index contributed by atoms with van der Waals surface area (Å²) in [5.74, 6) is 2.00. The van der Waals surface area contributed by atoms with E-state index in [2.05, 4.69) is 39.0 Å². The van der Waals surface area contributed by atoms with Crippen molar-refractivity contribution in [3.8, 4) is 0 Å². The van der Waals surface area contributed by atoms with Crippen molar-refractivity contribution in [3.63, 3.8) is 0 Å². The molecule has 0 saturated heterocycles. The molecule has 0 fully saturated rings. The van der Waals surface area contributed by atoms with Crippen molar-refractivity contribution < 1.29 is 0 Å². The van der Waals surface area contributed by atoms with Crippen LogP contribution in [0.1, 0.15) is 40.5 Å². The molecule has 0 aromatic heterocycles. The molecule has 0 aliphatic carbocycles. The second-order valence-electron chi connectivity index (χ2n) is 3.33. The number of rotatable bonds is 6. The lowest BCUT2D eigenvalue weighted by Gasteiger charge is -2.30. The van der Waals surface area contributed by atoms with Crippen LogP contribution in [0.4, 0.5) is 0 Å². The van der Waals surface area contributed by atoms with Crippen molar-refractivity contribution in [2.45, 2.75) is 46.6 Å². The summed E-state index contributed by atoms with van der Waals surface area (Å²) in [6.45, 7) is 9.12. The first-order valence-corrected chi connectivity index (χ1v) is 5.97. The lowest BCUT2D eigenvalue weighted by molar-refractivity contribution is 0.286. The molecule has 0 aromatic carbocycles. The minimum Gasteiger partial charge on any atom is -0.250 e. The number of nitrogens with zero attached hydrogens (tertiary/aromatic N) is 1. The van der Waals surface area contributed by atoms with E-state index in [0.29, 0.717) is 0 Å². The normalized spacial score (nSPS) is 16.5. The molecule has 0 heterocycles. The highest BCUT2D eigenvalue weighted by Gasteiger charge is 2.18. The smallest absolute Gasteiger partial charge is 0.0222 e. The number of hydrogen-bond donors (Lipinski definition) is 0. The Morgan fingerprint density at radius 1 is 1.17 bits per heavy atom. The Labute approximate surface area is 82.0 Å². The topological polar surface area (TPSA) is 3.24 Å². The van der Waals surface area contributed by atoms with Gasteiger partial charge >= 0.3 is 0 Å². The zero-order chi connectivity index (χ0) is 9.56. The van der Waals surface area contributed by atoms with Crippen LogP contribution in [0.3, 0.4) is 0 Å². The zero-order valence-corrected chi connectivity index (χ0v) is 9.95. The van der Waals surface area contributed by atoms with Gasteiger partial charge in [0.1, 0.15) is 0 Å². The van der Waals surface area contributed by atoms with Crippen LogP contribution in [0.2, 0.25) is 0 Å². The molecule has 74 valence electrons. The van der Waals surface area contributed by atoms with E-state index < -0.39 is 0 Å². The Morgan fingerprint density at radius 2 is 1.75 bits per heavy atom. The monoisotopic (exact) mass is 189 g/mol. The first-order valence-electron chi connectivity index (χ1n) is 5.03. The van der Waals surface area contributed by atoms with E-state index in [9.17, 15) is 0 Å². The SMILES string of the molecule is CCSN(C)C(CC)C(C)CC. The van der Waals surface area contributed by atoms with Gasteiger partial charge in [0, 0.05) is 11.8 Å². The molecule has 12 heavy (non-hydrogen) atoms. The van der Waals surface area contributed by atoms with Crippen LogP contribution in [0.15, 0.2) is 0 Å². The van der Waals surface area contributed by atoms with Gasteiger partial charge < -0.3 is 0 Å². The average Bonchev–Trinajstić information content (AvgIpc) is 2.06. The van der Waals surface area contributed by atoms with E-state index in [-0.39, 0.29) is 0 Å². The highest BCUT2D eigenvalue weighted by molar-refractivity contribution is 7.96. The Balaban J connectivity index is 3.94. The molecular weight excluding hydrogens is 166 g/mol. The van der Waals surface area contributed by atoms with E-state index in [1.807, 2.05) is 11.9 Å². The Kier molecular flexibility index (Phi) is 6.96. The van der Waals surface area contributed by atoms with Gasteiger partial charge in [0.15, 0.2) is 0 Å². The third kappa shape index (κ3) is 3.81. The summed E-state index contributed by atoms with van der Waals surface area (Å²) in [5.41, 5.74) is 0. The maximum absolute atomic E-state index is 2.42. The summed E-state index contributed by atoms with van der Waals surface area (Å²) >= 11 is 1.94. The fourth-order valence-electron chi connectivity index (χ4n) is 1.59. The van der Waals surface area contributed by atoms with Crippen LogP contribution in [-0.2, 0) is 0 Å². The molecular formula is C10H23NS. The summed E-state index contributed by atoms with van der Waals surface area (Å²) in [7, 11) is 2.22. The van der Waals surface area contributed by atoms with Crippen molar-refractivity contribution in [2.24, 2.45) is 5.92 Å². The number of hydrogen-bond acceptors (Lipinski definition) is 2. The fraction of sp³-hybridized carbons (Fsp3) is 1.00. The Hall–Kier alpha value is 0.310. The molecule has 0 amide bonds. The van der Waals surface area contributed by atoms with Crippen molar-refractivity contribution in [1.29, 1.82) is 0 Å². The minimum atomic E-state index is 0.750. The summed E-state index contributed by atoms with van der Waals surface area (Å²) < 4.78 is 2.42. The third-order valence-corrected chi connectivity index (χ3v) is 3.46. The minimum absolute atomic E-state index is 0.750. The highest BCUT2D eigenvalue weighted by atomic mass is 32.2. The molecule has 0 bridgehead atoms. The van der Waals surface area contributed by atoms with Gasteiger partial charge in [-0.3, -0.25) is 4.31 Å². The van der Waals surface area contributed by atoms with E-state index in [1.165, 1.54) is 18.6 Å². The molecule has 0 rings (SSSR count). The van der Waals surface area contributed by atoms with Gasteiger partial charge in [-0.15, -0.1) is 0 Å². The second kappa shape index (κ2) is 6.79. The van der Waals surface area contributed by atoms with Crippen LogP contribution in [0.25, 0.3) is 0 Å². The average molecular weight is 189 g/mol.